The highest BCUT2D eigenvalue weighted by Crippen LogP contribution is 2.33. The first-order valence-corrected chi connectivity index (χ1v) is 10.4. The Kier molecular flexibility index (Phi) is 6.08. The van der Waals surface area contributed by atoms with E-state index < -0.39 is 0 Å². The third-order valence-electron chi connectivity index (χ3n) is 5.01. The van der Waals surface area contributed by atoms with Gasteiger partial charge in [0.2, 0.25) is 0 Å². The molecule has 30 heavy (non-hydrogen) atoms. The lowest BCUT2D eigenvalue weighted by molar-refractivity contribution is 0.102. The molecule has 1 aliphatic rings. The van der Waals surface area contributed by atoms with E-state index in [1.54, 1.807) is 12.4 Å². The van der Waals surface area contributed by atoms with Gasteiger partial charge in [-0.3, -0.25) is 9.78 Å². The van der Waals surface area contributed by atoms with Crippen LogP contribution >= 0.6 is 23.7 Å². The molecule has 1 aliphatic heterocycles. The highest BCUT2D eigenvalue weighted by atomic mass is 35.5. The van der Waals surface area contributed by atoms with Crippen LogP contribution in [0.2, 0.25) is 0 Å². The molecule has 2 N–H and O–H groups in total. The number of thiophene rings is 1. The summed E-state index contributed by atoms with van der Waals surface area (Å²) in [6, 6.07) is 7.67. The number of nitrogens with one attached hydrogen (secondary N) is 2. The Morgan fingerprint density at radius 3 is 2.97 bits per heavy atom. The number of rotatable bonds is 4. The van der Waals surface area contributed by atoms with E-state index in [1.807, 2.05) is 29.6 Å². The number of ether oxygens (including phenoxy) is 1. The molecular formula is C21H20ClN5O2S. The molecule has 4 heterocycles. The van der Waals surface area contributed by atoms with Gasteiger partial charge in [0, 0.05) is 29.2 Å². The van der Waals surface area contributed by atoms with Crippen LogP contribution in [0.15, 0.2) is 48.4 Å². The molecule has 0 atom stereocenters. The van der Waals surface area contributed by atoms with Gasteiger partial charge in [0.1, 0.15) is 18.2 Å². The molecule has 4 aromatic rings. The van der Waals surface area contributed by atoms with Crippen molar-refractivity contribution in [3.05, 3.63) is 53.9 Å². The molecule has 7 nitrogen and oxygen atoms in total. The number of hydrogen-bond acceptors (Lipinski definition) is 7. The second-order valence-electron chi connectivity index (χ2n) is 6.95. The highest BCUT2D eigenvalue weighted by Gasteiger charge is 2.20. The predicted octanol–water partition coefficient (Wildman–Crippen LogP) is 4.04. The van der Waals surface area contributed by atoms with Crippen molar-refractivity contribution in [2.75, 3.05) is 18.4 Å². The lowest BCUT2D eigenvalue weighted by Crippen LogP contribution is -2.34. The molecule has 0 bridgehead atoms. The standard InChI is InChI=1S/C21H19N5O2S.ClH/c27-21(15-11-29-19-10-23-12-25-20(15)19)26-17-8-13-2-1-5-24-16(13)9-18(17)28-14-3-6-22-7-4-14;/h1-2,5,8-12,14,22H,3-4,6-7H2,(H,26,27);1H. The number of carbonyl (C=O) groups is 1. The smallest absolute Gasteiger partial charge is 0.258 e. The second-order valence-corrected chi connectivity index (χ2v) is 7.86. The molecule has 1 aromatic carbocycles. The lowest BCUT2D eigenvalue weighted by Gasteiger charge is -2.25. The van der Waals surface area contributed by atoms with Crippen LogP contribution in [-0.2, 0) is 0 Å². The molecule has 9 heteroatoms. The number of aromatic nitrogens is 3. The summed E-state index contributed by atoms with van der Waals surface area (Å²) in [5.41, 5.74) is 2.67. The summed E-state index contributed by atoms with van der Waals surface area (Å²) < 4.78 is 7.16. The number of fused-ring (bicyclic) bond motifs is 2. The van der Waals surface area contributed by atoms with E-state index in [-0.39, 0.29) is 24.4 Å². The van der Waals surface area contributed by atoms with Crippen LogP contribution in [0, 0.1) is 0 Å². The molecule has 0 unspecified atom stereocenters. The zero-order valence-electron chi connectivity index (χ0n) is 16.0. The monoisotopic (exact) mass is 441 g/mol. The quantitative estimate of drug-likeness (QED) is 0.496. The fourth-order valence-electron chi connectivity index (χ4n) is 3.52. The lowest BCUT2D eigenvalue weighted by atomic mass is 10.1. The molecule has 5 rings (SSSR count). The van der Waals surface area contributed by atoms with Crippen LogP contribution in [0.1, 0.15) is 23.2 Å². The average molecular weight is 442 g/mol. The number of carbonyl (C=O) groups excluding carboxylic acids is 1. The number of hydrogen-bond donors (Lipinski definition) is 2. The van der Waals surface area contributed by atoms with Crippen LogP contribution in [0.4, 0.5) is 5.69 Å². The van der Waals surface area contributed by atoms with Gasteiger partial charge in [0.05, 0.1) is 27.0 Å². The fourth-order valence-corrected chi connectivity index (χ4v) is 4.38. The summed E-state index contributed by atoms with van der Waals surface area (Å²) in [6.45, 7) is 1.86. The number of piperidine rings is 1. The van der Waals surface area contributed by atoms with Gasteiger partial charge in [0.25, 0.3) is 5.91 Å². The molecule has 0 spiro atoms. The van der Waals surface area contributed by atoms with Gasteiger partial charge in [-0.25, -0.2) is 9.97 Å². The maximum Gasteiger partial charge on any atom is 0.258 e. The Morgan fingerprint density at radius 1 is 1.23 bits per heavy atom. The summed E-state index contributed by atoms with van der Waals surface area (Å²) in [5.74, 6) is 0.430. The minimum Gasteiger partial charge on any atom is -0.488 e. The average Bonchev–Trinajstić information content (AvgIpc) is 3.19. The third kappa shape index (κ3) is 4.07. The molecule has 3 aromatic heterocycles. The van der Waals surface area contributed by atoms with Gasteiger partial charge in [-0.2, -0.15) is 0 Å². The van der Waals surface area contributed by atoms with E-state index in [9.17, 15) is 4.79 Å². The van der Waals surface area contributed by atoms with Crippen molar-refractivity contribution in [3.8, 4) is 5.75 Å². The Balaban J connectivity index is 0.00000218. The summed E-state index contributed by atoms with van der Waals surface area (Å²) in [5, 5.41) is 9.12. The van der Waals surface area contributed by atoms with Crippen LogP contribution in [0.5, 0.6) is 5.75 Å². The largest absolute Gasteiger partial charge is 0.488 e. The topological polar surface area (TPSA) is 89.0 Å². The minimum absolute atomic E-state index is 0. The summed E-state index contributed by atoms with van der Waals surface area (Å²) in [6.07, 6.45) is 6.91. The zero-order valence-corrected chi connectivity index (χ0v) is 17.6. The van der Waals surface area contributed by atoms with Gasteiger partial charge < -0.3 is 15.4 Å². The molecular weight excluding hydrogens is 422 g/mol. The van der Waals surface area contributed by atoms with Crippen molar-refractivity contribution < 1.29 is 9.53 Å². The molecule has 0 saturated carbocycles. The maximum absolute atomic E-state index is 13.0. The second kappa shape index (κ2) is 8.91. The number of nitrogens with zero attached hydrogens (tertiary/aromatic N) is 3. The minimum atomic E-state index is -0.214. The normalized spacial score (nSPS) is 14.4. The van der Waals surface area contributed by atoms with Gasteiger partial charge in [-0.05, 0) is 38.1 Å². The van der Waals surface area contributed by atoms with Crippen LogP contribution < -0.4 is 15.4 Å². The molecule has 0 radical (unpaired) electrons. The van der Waals surface area contributed by atoms with E-state index in [0.717, 1.165) is 41.5 Å². The van der Waals surface area contributed by atoms with Crippen molar-refractivity contribution in [2.24, 2.45) is 0 Å². The van der Waals surface area contributed by atoms with Crippen molar-refractivity contribution >= 4 is 56.5 Å². The van der Waals surface area contributed by atoms with E-state index >= 15 is 0 Å². The van der Waals surface area contributed by atoms with Gasteiger partial charge >= 0.3 is 0 Å². The predicted molar refractivity (Wildman–Crippen MR) is 121 cm³/mol. The summed E-state index contributed by atoms with van der Waals surface area (Å²) in [4.78, 5) is 25.7. The van der Waals surface area contributed by atoms with Crippen LogP contribution in [0.3, 0.4) is 0 Å². The Labute approximate surface area is 183 Å². The van der Waals surface area contributed by atoms with Gasteiger partial charge in [-0.15, -0.1) is 23.7 Å². The zero-order chi connectivity index (χ0) is 19.6. The van der Waals surface area contributed by atoms with Crippen molar-refractivity contribution in [3.63, 3.8) is 0 Å². The maximum atomic E-state index is 13.0. The number of pyridine rings is 1. The Morgan fingerprint density at radius 2 is 2.10 bits per heavy atom. The number of amides is 1. The molecule has 0 aliphatic carbocycles. The molecule has 1 fully saturated rings. The summed E-state index contributed by atoms with van der Waals surface area (Å²) >= 11 is 1.45. The molecule has 154 valence electrons. The first kappa shape index (κ1) is 20.5. The van der Waals surface area contributed by atoms with Crippen molar-refractivity contribution in [1.82, 2.24) is 20.3 Å². The first-order valence-electron chi connectivity index (χ1n) is 9.52. The molecule has 1 saturated heterocycles. The van der Waals surface area contributed by atoms with Crippen molar-refractivity contribution in [2.45, 2.75) is 18.9 Å². The number of anilines is 1. The third-order valence-corrected chi connectivity index (χ3v) is 5.92. The van der Waals surface area contributed by atoms with E-state index in [1.165, 1.54) is 17.7 Å². The van der Waals surface area contributed by atoms with E-state index in [4.69, 9.17) is 4.74 Å². The number of benzene rings is 1. The van der Waals surface area contributed by atoms with E-state index in [2.05, 4.69) is 25.6 Å². The molecule has 1 amide bonds. The van der Waals surface area contributed by atoms with Crippen LogP contribution in [-0.4, -0.2) is 40.1 Å². The Bertz CT molecular complexity index is 1190. The van der Waals surface area contributed by atoms with E-state index in [0.29, 0.717) is 22.5 Å². The SMILES string of the molecule is Cl.O=C(Nc1cc2cccnc2cc1OC1CCNCC1)c1csc2cncnc12. The highest BCUT2D eigenvalue weighted by molar-refractivity contribution is 7.17. The number of halogens is 1. The summed E-state index contributed by atoms with van der Waals surface area (Å²) in [7, 11) is 0. The van der Waals surface area contributed by atoms with Crippen molar-refractivity contribution in [1.29, 1.82) is 0 Å². The first-order chi connectivity index (χ1) is 14.3. The van der Waals surface area contributed by atoms with Crippen LogP contribution in [0.25, 0.3) is 21.1 Å². The Hall–Kier alpha value is -2.81. The van der Waals surface area contributed by atoms with Gasteiger partial charge in [0.15, 0.2) is 0 Å². The van der Waals surface area contributed by atoms with Gasteiger partial charge in [-0.1, -0.05) is 6.07 Å². The fraction of sp³-hybridized carbons (Fsp3) is 0.238.